The van der Waals surface area contributed by atoms with Gasteiger partial charge < -0.3 is 9.13 Å². The number of benzene rings is 10. The topological polar surface area (TPSA) is 34.1 Å². The van der Waals surface area contributed by atoms with E-state index in [9.17, 15) is 0 Å². The summed E-state index contributed by atoms with van der Waals surface area (Å²) in [6.45, 7) is 0. The molecule has 11 rings (SSSR count). The second-order valence-corrected chi connectivity index (χ2v) is 28.6. The average Bonchev–Trinajstić information content (AvgIpc) is 3.46. The summed E-state index contributed by atoms with van der Waals surface area (Å²) in [4.78, 5) is 0. The van der Waals surface area contributed by atoms with Crippen molar-refractivity contribution in [1.82, 2.24) is 0 Å². The first-order valence-electron chi connectivity index (χ1n) is 24.9. The lowest BCUT2D eigenvalue weighted by atomic mass is 9.53. The number of rotatable bonds is 16. The van der Waals surface area contributed by atoms with E-state index in [4.69, 9.17) is 0 Å². The van der Waals surface area contributed by atoms with Gasteiger partial charge in [-0.15, -0.1) is 0 Å². The molecule has 0 saturated heterocycles. The van der Waals surface area contributed by atoms with E-state index in [1.807, 2.05) is 121 Å². The third-order valence-electron chi connectivity index (χ3n) is 14.7. The van der Waals surface area contributed by atoms with E-state index in [1.54, 1.807) is 0 Å². The third-order valence-corrected chi connectivity index (χ3v) is 26.2. The van der Waals surface area contributed by atoms with Crippen LogP contribution >= 0.6 is 30.1 Å². The summed E-state index contributed by atoms with van der Waals surface area (Å²) >= 11 is 0. The van der Waals surface area contributed by atoms with Gasteiger partial charge in [-0.25, -0.2) is 0 Å². The lowest BCUT2D eigenvalue weighted by Crippen LogP contribution is -2.51. The maximum absolute atomic E-state index is 16.9. The number of hydrogen-bond donors (Lipinski definition) is 0. The summed E-state index contributed by atoms with van der Waals surface area (Å²) in [5.74, 6) is 0.102. The second kappa shape index (κ2) is 21.7. The molecule has 2 nitrogen and oxygen atoms in total. The zero-order valence-corrected chi connectivity index (χ0v) is 43.6. The second-order valence-electron chi connectivity index (χ2n) is 18.6. The molecule has 0 heterocycles. The van der Waals surface area contributed by atoms with E-state index in [0.29, 0.717) is 0 Å². The largest absolute Gasteiger partial charge is 0.309 e. The highest BCUT2D eigenvalue weighted by molar-refractivity contribution is 7.86. The molecule has 6 heteroatoms. The molecule has 0 aliphatic heterocycles. The van der Waals surface area contributed by atoms with Crippen molar-refractivity contribution in [3.63, 3.8) is 0 Å². The Morgan fingerprint density at radius 1 is 0.264 bits per heavy atom. The molecule has 352 valence electrons. The molecule has 72 heavy (non-hydrogen) atoms. The van der Waals surface area contributed by atoms with Crippen molar-refractivity contribution < 1.29 is 9.13 Å². The lowest BCUT2D eigenvalue weighted by molar-refractivity contribution is 0.131. The van der Waals surface area contributed by atoms with Gasteiger partial charge in [0.2, 0.25) is 0 Å². The van der Waals surface area contributed by atoms with E-state index in [2.05, 4.69) is 170 Å². The van der Waals surface area contributed by atoms with E-state index in [1.165, 1.54) is 21.2 Å². The first-order valence-corrected chi connectivity index (χ1v) is 31.4. The maximum Gasteiger partial charge on any atom is 0.171 e. The Balaban J connectivity index is 1.20. The molecule has 4 atom stereocenters. The van der Waals surface area contributed by atoms with Crippen molar-refractivity contribution in [3.05, 3.63) is 302 Å². The average molecular weight is 1010 g/mol. The predicted molar refractivity (Wildman–Crippen MR) is 312 cm³/mol. The Morgan fingerprint density at radius 3 is 0.722 bits per heavy atom. The number of hydrogen-bond acceptors (Lipinski definition) is 2. The van der Waals surface area contributed by atoms with Crippen LogP contribution in [0.1, 0.15) is 23.0 Å². The van der Waals surface area contributed by atoms with Crippen LogP contribution < -0.4 is 53.0 Å². The van der Waals surface area contributed by atoms with Crippen LogP contribution in [0, 0.1) is 11.8 Å². The first kappa shape index (κ1) is 47.8. The highest BCUT2D eigenvalue weighted by Crippen LogP contribution is 2.65. The van der Waals surface area contributed by atoms with Gasteiger partial charge in [-0.1, -0.05) is 291 Å². The minimum absolute atomic E-state index is 0.0890. The molecule has 0 bridgehead atoms. The van der Waals surface area contributed by atoms with Crippen LogP contribution in [0.15, 0.2) is 291 Å². The SMILES string of the molecule is O=P(c1ccccc1)(c1ccccc1)c1ccccc1[C@H]1[C@@H](CP(c2ccccc2)c2ccccc2)[C@H](CP(c2ccccc2)c2ccccc2)[C@@H]1c1ccccc1P(=O)(c1ccccc1)c1ccccc1. The molecule has 0 unspecified atom stereocenters. The van der Waals surface area contributed by atoms with E-state index < -0.39 is 30.1 Å². The van der Waals surface area contributed by atoms with E-state index in [-0.39, 0.29) is 23.7 Å². The summed E-state index contributed by atoms with van der Waals surface area (Å²) in [5.41, 5.74) is 2.23. The minimum atomic E-state index is -3.47. The third kappa shape index (κ3) is 9.29. The molecule has 10 aromatic carbocycles. The summed E-state index contributed by atoms with van der Waals surface area (Å²) in [6, 6.07) is 102. The molecule has 0 N–H and O–H groups in total. The molecule has 0 radical (unpaired) electrons. The van der Waals surface area contributed by atoms with Gasteiger partial charge in [-0.05, 0) is 84.2 Å². The maximum atomic E-state index is 16.9. The van der Waals surface area contributed by atoms with Crippen molar-refractivity contribution in [2.24, 2.45) is 11.8 Å². The fraction of sp³-hybridized carbons (Fsp3) is 0.0909. The fourth-order valence-corrected chi connectivity index (χ4v) is 22.6. The summed E-state index contributed by atoms with van der Waals surface area (Å²) < 4.78 is 33.8. The normalized spacial score (nSPS) is 16.8. The van der Waals surface area contributed by atoms with Crippen molar-refractivity contribution >= 4 is 83.2 Å². The van der Waals surface area contributed by atoms with Crippen LogP contribution in [0.3, 0.4) is 0 Å². The zero-order valence-electron chi connectivity index (χ0n) is 40.0. The van der Waals surface area contributed by atoms with Crippen LogP contribution in [0.25, 0.3) is 0 Å². The Morgan fingerprint density at radius 2 is 0.472 bits per heavy atom. The standard InChI is InChI=1S/C66H56O2P4/c67-71(55-37-17-5-18-38-55,56-39-19-6-20-40-56)63-47-27-25-45-59(63)65-61(49-69(51-29-9-1-10-30-51)52-31-11-2-12-32-52)62(50-70(53-33-13-3-14-34-53)54-35-15-4-16-36-54)66(65)60-46-26-28-48-64(60)72(68,57-41-21-7-22-42-57)58-43-23-8-24-44-58/h1-48,61-62,65-66H,49-50H2/t61-,62-,65-,66-/m0/s1. The molecule has 1 fully saturated rings. The van der Waals surface area contributed by atoms with Crippen LogP contribution in [0.5, 0.6) is 0 Å². The smallest absolute Gasteiger partial charge is 0.171 e. The monoisotopic (exact) mass is 1000 g/mol. The molecule has 0 amide bonds. The van der Waals surface area contributed by atoms with E-state index in [0.717, 1.165) is 55.3 Å². The minimum Gasteiger partial charge on any atom is -0.309 e. The molecule has 1 aliphatic carbocycles. The van der Waals surface area contributed by atoms with Crippen molar-refractivity contribution in [2.75, 3.05) is 12.3 Å². The van der Waals surface area contributed by atoms with Crippen LogP contribution in [-0.4, -0.2) is 12.3 Å². The molecule has 0 spiro atoms. The van der Waals surface area contributed by atoms with Crippen molar-refractivity contribution in [3.8, 4) is 0 Å². The molecule has 0 aromatic heterocycles. The van der Waals surface area contributed by atoms with Gasteiger partial charge >= 0.3 is 0 Å². The van der Waals surface area contributed by atoms with Crippen LogP contribution in [0.2, 0.25) is 0 Å². The molecule has 10 aromatic rings. The lowest BCUT2D eigenvalue weighted by Gasteiger charge is -2.56. The van der Waals surface area contributed by atoms with Gasteiger partial charge in [0.1, 0.15) is 0 Å². The van der Waals surface area contributed by atoms with Gasteiger partial charge in [0.05, 0.1) is 0 Å². The summed E-state index contributed by atoms with van der Waals surface area (Å²) in [7, 11) is -8.65. The molecular formula is C66H56O2P4. The quantitative estimate of drug-likeness (QED) is 0.0904. The molecular weight excluding hydrogens is 949 g/mol. The van der Waals surface area contributed by atoms with Crippen molar-refractivity contribution in [2.45, 2.75) is 11.8 Å². The summed E-state index contributed by atoms with van der Waals surface area (Å²) in [6.07, 6.45) is 1.85. The molecule has 1 saturated carbocycles. The van der Waals surface area contributed by atoms with E-state index >= 15 is 9.13 Å². The Hall–Kier alpha value is -6.48. The Labute approximate surface area is 428 Å². The summed E-state index contributed by atoms with van der Waals surface area (Å²) in [5, 5.41) is 10.4. The first-order chi connectivity index (χ1) is 35.5. The Kier molecular flexibility index (Phi) is 14.4. The predicted octanol–water partition coefficient (Wildman–Crippen LogP) is 12.3. The Bertz CT molecular complexity index is 3040. The van der Waals surface area contributed by atoms with Gasteiger partial charge in [-0.2, -0.15) is 0 Å². The molecule has 1 aliphatic rings. The van der Waals surface area contributed by atoms with Crippen molar-refractivity contribution in [1.29, 1.82) is 0 Å². The van der Waals surface area contributed by atoms with Gasteiger partial charge in [0.25, 0.3) is 0 Å². The van der Waals surface area contributed by atoms with Gasteiger partial charge in [0.15, 0.2) is 14.3 Å². The van der Waals surface area contributed by atoms with Crippen LogP contribution in [0.4, 0.5) is 0 Å². The van der Waals surface area contributed by atoms with Crippen LogP contribution in [-0.2, 0) is 9.13 Å². The van der Waals surface area contributed by atoms with Gasteiger partial charge in [0, 0.05) is 31.8 Å². The highest BCUT2D eigenvalue weighted by atomic mass is 31.2. The van der Waals surface area contributed by atoms with Gasteiger partial charge in [-0.3, -0.25) is 0 Å². The highest BCUT2D eigenvalue weighted by Gasteiger charge is 2.55. The fourth-order valence-electron chi connectivity index (χ4n) is 11.4. The zero-order chi connectivity index (χ0) is 48.7.